The van der Waals surface area contributed by atoms with E-state index in [0.717, 1.165) is 32.5 Å². The van der Waals surface area contributed by atoms with Crippen molar-refractivity contribution >= 4 is 27.3 Å². The van der Waals surface area contributed by atoms with Crippen molar-refractivity contribution < 1.29 is 4.74 Å². The van der Waals surface area contributed by atoms with Gasteiger partial charge >= 0.3 is 0 Å². The van der Waals surface area contributed by atoms with Crippen molar-refractivity contribution in [1.82, 2.24) is 0 Å². The number of ether oxygens (including phenoxy) is 1. The summed E-state index contributed by atoms with van der Waals surface area (Å²) < 4.78 is 6.77. The average Bonchev–Trinajstić information content (AvgIpc) is 2.94. The number of benzene rings is 1. The molecule has 21 heavy (non-hydrogen) atoms. The van der Waals surface area contributed by atoms with Crippen LogP contribution in [-0.4, -0.2) is 19.3 Å². The van der Waals surface area contributed by atoms with E-state index in [-0.39, 0.29) is 11.5 Å². The van der Waals surface area contributed by atoms with E-state index in [9.17, 15) is 0 Å². The summed E-state index contributed by atoms with van der Waals surface area (Å²) in [7, 11) is 0. The van der Waals surface area contributed by atoms with Crippen LogP contribution in [0.4, 0.5) is 0 Å². The van der Waals surface area contributed by atoms with Gasteiger partial charge in [0.05, 0.1) is 0 Å². The predicted octanol–water partition coefficient (Wildman–Crippen LogP) is 4.13. The largest absolute Gasteiger partial charge is 0.381 e. The second-order valence-corrected chi connectivity index (χ2v) is 7.49. The Balaban J connectivity index is 1.90. The molecule has 3 rings (SSSR count). The first-order valence-electron chi connectivity index (χ1n) is 7.33. The topological polar surface area (TPSA) is 35.2 Å². The molecule has 4 heteroatoms. The molecule has 1 aliphatic heterocycles. The van der Waals surface area contributed by atoms with Crippen molar-refractivity contribution in [3.05, 3.63) is 56.7 Å². The summed E-state index contributed by atoms with van der Waals surface area (Å²) in [5.41, 5.74) is 8.09. The van der Waals surface area contributed by atoms with Gasteiger partial charge in [0.2, 0.25) is 0 Å². The highest BCUT2D eigenvalue weighted by atomic mass is 79.9. The van der Waals surface area contributed by atoms with Crippen LogP contribution in [-0.2, 0) is 16.6 Å². The van der Waals surface area contributed by atoms with Gasteiger partial charge in [-0.3, -0.25) is 0 Å². The fourth-order valence-corrected chi connectivity index (χ4v) is 4.82. The van der Waals surface area contributed by atoms with E-state index < -0.39 is 0 Å². The molecule has 1 fully saturated rings. The minimum atomic E-state index is 0.0307. The average molecular weight is 366 g/mol. The zero-order valence-corrected chi connectivity index (χ0v) is 14.3. The second-order valence-electron chi connectivity index (χ2n) is 5.64. The molecular formula is C17H20BrNOS. The van der Waals surface area contributed by atoms with Gasteiger partial charge in [-0.15, -0.1) is 11.3 Å². The molecule has 2 N–H and O–H groups in total. The lowest BCUT2D eigenvalue weighted by Crippen LogP contribution is -2.50. The number of rotatable bonds is 4. The predicted molar refractivity (Wildman–Crippen MR) is 91.9 cm³/mol. The molecule has 2 nitrogen and oxygen atoms in total. The molecule has 0 aliphatic carbocycles. The molecule has 2 aromatic rings. The Hall–Kier alpha value is -0.680. The van der Waals surface area contributed by atoms with Gasteiger partial charge in [0, 0.05) is 34.0 Å². The highest BCUT2D eigenvalue weighted by Crippen LogP contribution is 2.39. The summed E-state index contributed by atoms with van der Waals surface area (Å²) in [6.07, 6.45) is 2.91. The molecule has 0 amide bonds. The van der Waals surface area contributed by atoms with E-state index in [4.69, 9.17) is 10.5 Å². The van der Waals surface area contributed by atoms with Gasteiger partial charge < -0.3 is 10.5 Å². The van der Waals surface area contributed by atoms with Crippen LogP contribution in [0.1, 0.15) is 23.3 Å². The zero-order valence-electron chi connectivity index (χ0n) is 11.9. The maximum absolute atomic E-state index is 6.71. The van der Waals surface area contributed by atoms with E-state index in [1.807, 2.05) is 0 Å². The Labute approximate surface area is 138 Å². The van der Waals surface area contributed by atoms with Crippen LogP contribution in [0.5, 0.6) is 0 Å². The van der Waals surface area contributed by atoms with Crippen LogP contribution in [0, 0.1) is 0 Å². The van der Waals surface area contributed by atoms with Gasteiger partial charge in [-0.1, -0.05) is 30.3 Å². The lowest BCUT2D eigenvalue weighted by Gasteiger charge is -2.42. The van der Waals surface area contributed by atoms with Crippen molar-refractivity contribution in [2.24, 2.45) is 5.73 Å². The van der Waals surface area contributed by atoms with Gasteiger partial charge in [0.15, 0.2) is 0 Å². The van der Waals surface area contributed by atoms with Crippen molar-refractivity contribution in [3.63, 3.8) is 0 Å². The standard InChI is InChI=1S/C17H20BrNOS/c18-14-6-11-21-15(14)12-16(19)17(7-9-20-10-8-17)13-4-2-1-3-5-13/h1-6,11,16H,7-10,12,19H2. The normalized spacial score (nSPS) is 19.3. The monoisotopic (exact) mass is 365 g/mol. The maximum atomic E-state index is 6.71. The molecule has 1 aliphatic rings. The Morgan fingerprint density at radius 2 is 1.90 bits per heavy atom. The Morgan fingerprint density at radius 1 is 1.19 bits per heavy atom. The van der Waals surface area contributed by atoms with Crippen molar-refractivity contribution in [2.45, 2.75) is 30.7 Å². The summed E-state index contributed by atoms with van der Waals surface area (Å²) >= 11 is 5.40. The minimum Gasteiger partial charge on any atom is -0.381 e. The summed E-state index contributed by atoms with van der Waals surface area (Å²) in [5.74, 6) is 0. The van der Waals surface area contributed by atoms with Gasteiger partial charge in [-0.25, -0.2) is 0 Å². The van der Waals surface area contributed by atoms with Crippen LogP contribution in [0.3, 0.4) is 0 Å². The fraction of sp³-hybridized carbons (Fsp3) is 0.412. The van der Waals surface area contributed by atoms with Crippen molar-refractivity contribution in [3.8, 4) is 0 Å². The van der Waals surface area contributed by atoms with Crippen LogP contribution in [0.15, 0.2) is 46.3 Å². The van der Waals surface area contributed by atoms with Crippen molar-refractivity contribution in [1.29, 1.82) is 0 Å². The first-order valence-corrected chi connectivity index (χ1v) is 9.00. The van der Waals surface area contributed by atoms with E-state index in [1.165, 1.54) is 14.9 Å². The molecule has 0 radical (unpaired) electrons. The molecule has 1 aromatic heterocycles. The third-order valence-electron chi connectivity index (χ3n) is 4.54. The highest BCUT2D eigenvalue weighted by Gasteiger charge is 2.40. The van der Waals surface area contributed by atoms with Gasteiger partial charge in [-0.05, 0) is 52.2 Å². The third kappa shape index (κ3) is 3.09. The lowest BCUT2D eigenvalue weighted by molar-refractivity contribution is 0.0401. The van der Waals surface area contributed by atoms with Crippen LogP contribution < -0.4 is 5.73 Å². The number of hydrogen-bond acceptors (Lipinski definition) is 3. The minimum absolute atomic E-state index is 0.0307. The van der Waals surface area contributed by atoms with Crippen LogP contribution >= 0.6 is 27.3 Å². The summed E-state index contributed by atoms with van der Waals surface area (Å²) in [5, 5.41) is 2.12. The molecule has 1 unspecified atom stereocenters. The van der Waals surface area contributed by atoms with E-state index in [0.29, 0.717) is 0 Å². The van der Waals surface area contributed by atoms with Gasteiger partial charge in [-0.2, -0.15) is 0 Å². The Morgan fingerprint density at radius 3 is 2.52 bits per heavy atom. The Kier molecular flexibility index (Phi) is 4.79. The van der Waals surface area contributed by atoms with E-state index >= 15 is 0 Å². The van der Waals surface area contributed by atoms with Crippen molar-refractivity contribution in [2.75, 3.05) is 13.2 Å². The zero-order chi connectivity index (χ0) is 14.7. The molecular weight excluding hydrogens is 346 g/mol. The summed E-state index contributed by atoms with van der Waals surface area (Å²) in [4.78, 5) is 1.34. The summed E-state index contributed by atoms with van der Waals surface area (Å²) in [6.45, 7) is 1.60. The van der Waals surface area contributed by atoms with Crippen LogP contribution in [0.25, 0.3) is 0 Å². The number of halogens is 1. The summed E-state index contributed by atoms with van der Waals surface area (Å²) in [6, 6.07) is 12.9. The Bertz CT molecular complexity index is 577. The molecule has 0 bridgehead atoms. The molecule has 0 spiro atoms. The second kappa shape index (κ2) is 6.61. The molecule has 2 heterocycles. The maximum Gasteiger partial charge on any atom is 0.0475 e. The lowest BCUT2D eigenvalue weighted by atomic mass is 9.68. The number of thiophene rings is 1. The number of hydrogen-bond donors (Lipinski definition) is 1. The molecule has 1 aromatic carbocycles. The first-order chi connectivity index (χ1) is 10.2. The highest BCUT2D eigenvalue weighted by molar-refractivity contribution is 9.10. The quantitative estimate of drug-likeness (QED) is 0.883. The number of nitrogens with two attached hydrogens (primary N) is 1. The van der Waals surface area contributed by atoms with Gasteiger partial charge in [0.1, 0.15) is 0 Å². The van der Waals surface area contributed by atoms with E-state index in [2.05, 4.69) is 57.7 Å². The molecule has 1 atom stereocenters. The smallest absolute Gasteiger partial charge is 0.0475 e. The van der Waals surface area contributed by atoms with Crippen LogP contribution in [0.2, 0.25) is 0 Å². The SMILES string of the molecule is NC(Cc1sccc1Br)C1(c2ccccc2)CCOCC1. The molecule has 0 saturated carbocycles. The first kappa shape index (κ1) is 15.2. The molecule has 1 saturated heterocycles. The van der Waals surface area contributed by atoms with Gasteiger partial charge in [0.25, 0.3) is 0 Å². The van der Waals surface area contributed by atoms with E-state index in [1.54, 1.807) is 11.3 Å². The molecule has 112 valence electrons. The fourth-order valence-electron chi connectivity index (χ4n) is 3.25. The third-order valence-corrected chi connectivity index (χ3v) is 6.49.